The molecular formula is C11H19ClN4O. The Hall–Kier alpha value is -1.07. The molecule has 0 aliphatic heterocycles. The molecule has 96 valence electrons. The highest BCUT2D eigenvalue weighted by Gasteiger charge is 2.04. The summed E-state index contributed by atoms with van der Waals surface area (Å²) in [6.07, 6.45) is 2.45. The molecule has 6 heteroatoms. The fourth-order valence-corrected chi connectivity index (χ4v) is 1.31. The second-order valence-electron chi connectivity index (χ2n) is 4.15. The average Bonchev–Trinajstić information content (AvgIpc) is 2.28. The van der Waals surface area contributed by atoms with E-state index in [0.717, 1.165) is 13.0 Å². The van der Waals surface area contributed by atoms with Crippen LogP contribution < -0.4 is 11.1 Å². The van der Waals surface area contributed by atoms with Crippen LogP contribution in [0.25, 0.3) is 0 Å². The molecule has 0 bridgehead atoms. The largest absolute Gasteiger partial charge is 0.393 e. The Morgan fingerprint density at radius 3 is 2.88 bits per heavy atom. The van der Waals surface area contributed by atoms with Crippen molar-refractivity contribution in [2.45, 2.75) is 20.3 Å². The quantitative estimate of drug-likeness (QED) is 0.579. The van der Waals surface area contributed by atoms with Crippen LogP contribution in [0.15, 0.2) is 6.33 Å². The van der Waals surface area contributed by atoms with Crippen LogP contribution >= 0.6 is 11.6 Å². The number of rotatable bonds is 7. The van der Waals surface area contributed by atoms with Crippen molar-refractivity contribution in [1.29, 1.82) is 0 Å². The zero-order valence-corrected chi connectivity index (χ0v) is 11.0. The lowest BCUT2D eigenvalue weighted by atomic mass is 10.1. The van der Waals surface area contributed by atoms with Crippen molar-refractivity contribution in [1.82, 2.24) is 9.97 Å². The molecule has 0 fully saturated rings. The summed E-state index contributed by atoms with van der Waals surface area (Å²) in [6.45, 7) is 6.39. The summed E-state index contributed by atoms with van der Waals surface area (Å²) in [6, 6.07) is 0. The van der Waals surface area contributed by atoms with Gasteiger partial charge in [0.2, 0.25) is 0 Å². The normalized spacial score (nSPS) is 10.8. The Morgan fingerprint density at radius 2 is 2.18 bits per heavy atom. The van der Waals surface area contributed by atoms with Crippen LogP contribution in [0.1, 0.15) is 20.3 Å². The maximum atomic E-state index is 5.76. The van der Waals surface area contributed by atoms with Gasteiger partial charge in [-0.05, 0) is 12.3 Å². The fraction of sp³-hybridized carbons (Fsp3) is 0.636. The number of ether oxygens (including phenoxy) is 1. The lowest BCUT2D eigenvalue weighted by Crippen LogP contribution is -2.13. The lowest BCUT2D eigenvalue weighted by Gasteiger charge is -2.09. The predicted octanol–water partition coefficient (Wildman–Crippen LogP) is 2.19. The molecule has 1 heterocycles. The smallest absolute Gasteiger partial charge is 0.157 e. The van der Waals surface area contributed by atoms with Crippen LogP contribution in [0.2, 0.25) is 5.15 Å². The minimum absolute atomic E-state index is 0.267. The Morgan fingerprint density at radius 1 is 1.41 bits per heavy atom. The second kappa shape index (κ2) is 7.29. The van der Waals surface area contributed by atoms with Crippen molar-refractivity contribution >= 4 is 23.1 Å². The van der Waals surface area contributed by atoms with E-state index in [-0.39, 0.29) is 5.15 Å². The van der Waals surface area contributed by atoms with Gasteiger partial charge in [0.1, 0.15) is 12.0 Å². The highest BCUT2D eigenvalue weighted by atomic mass is 35.5. The molecule has 0 atom stereocenters. The molecule has 0 spiro atoms. The molecule has 0 unspecified atom stereocenters. The Bertz CT molecular complexity index is 346. The van der Waals surface area contributed by atoms with Gasteiger partial charge in [0.05, 0.1) is 6.61 Å². The summed E-state index contributed by atoms with van der Waals surface area (Å²) in [5.41, 5.74) is 6.07. The van der Waals surface area contributed by atoms with Crippen molar-refractivity contribution in [2.75, 3.05) is 30.8 Å². The van der Waals surface area contributed by atoms with Gasteiger partial charge in [-0.25, -0.2) is 9.97 Å². The zero-order valence-electron chi connectivity index (χ0n) is 10.2. The first kappa shape index (κ1) is 14.0. The number of nitrogens with one attached hydrogen (secondary N) is 1. The van der Waals surface area contributed by atoms with Crippen molar-refractivity contribution in [3.8, 4) is 0 Å². The van der Waals surface area contributed by atoms with Crippen LogP contribution in [0.5, 0.6) is 0 Å². The third kappa shape index (κ3) is 5.19. The van der Waals surface area contributed by atoms with Crippen molar-refractivity contribution in [3.05, 3.63) is 11.5 Å². The number of halogens is 1. The lowest BCUT2D eigenvalue weighted by molar-refractivity contribution is 0.132. The summed E-state index contributed by atoms with van der Waals surface area (Å²) in [5, 5.41) is 3.32. The van der Waals surface area contributed by atoms with Gasteiger partial charge in [0, 0.05) is 13.2 Å². The zero-order chi connectivity index (χ0) is 12.7. The van der Waals surface area contributed by atoms with Crippen LogP contribution in [0.4, 0.5) is 11.5 Å². The summed E-state index contributed by atoms with van der Waals surface area (Å²) in [4.78, 5) is 7.77. The monoisotopic (exact) mass is 258 g/mol. The molecule has 1 rings (SSSR count). The number of nitrogens with two attached hydrogens (primary N) is 1. The molecule has 0 aromatic carbocycles. The summed E-state index contributed by atoms with van der Waals surface area (Å²) in [5.74, 6) is 1.22. The Kier molecular flexibility index (Phi) is 6.00. The highest BCUT2D eigenvalue weighted by Crippen LogP contribution is 2.21. The number of aromatic nitrogens is 2. The molecule has 5 nitrogen and oxygen atoms in total. The van der Waals surface area contributed by atoms with Crippen molar-refractivity contribution in [2.24, 2.45) is 5.92 Å². The summed E-state index contributed by atoms with van der Waals surface area (Å²) < 4.78 is 5.46. The van der Waals surface area contributed by atoms with E-state index in [1.54, 1.807) is 0 Å². The summed E-state index contributed by atoms with van der Waals surface area (Å²) in [7, 11) is 0. The van der Waals surface area contributed by atoms with Crippen molar-refractivity contribution < 1.29 is 4.74 Å². The first-order valence-electron chi connectivity index (χ1n) is 5.69. The van der Waals surface area contributed by atoms with E-state index in [1.165, 1.54) is 6.33 Å². The van der Waals surface area contributed by atoms with Gasteiger partial charge in [0.15, 0.2) is 11.0 Å². The number of hydrogen-bond donors (Lipinski definition) is 2. The number of nitrogens with zero attached hydrogens (tertiary/aromatic N) is 2. The predicted molar refractivity (Wildman–Crippen MR) is 70.2 cm³/mol. The third-order valence-electron chi connectivity index (χ3n) is 2.21. The van der Waals surface area contributed by atoms with E-state index in [4.69, 9.17) is 22.1 Å². The number of hydrogen-bond acceptors (Lipinski definition) is 5. The number of anilines is 2. The molecule has 0 aliphatic rings. The van der Waals surface area contributed by atoms with Gasteiger partial charge in [-0.15, -0.1) is 0 Å². The third-order valence-corrected chi connectivity index (χ3v) is 2.51. The molecule has 0 aliphatic carbocycles. The molecule has 0 radical (unpaired) electrons. The minimum atomic E-state index is 0.267. The topological polar surface area (TPSA) is 73.1 Å². The maximum Gasteiger partial charge on any atom is 0.157 e. The van der Waals surface area contributed by atoms with E-state index >= 15 is 0 Å². The van der Waals surface area contributed by atoms with Gasteiger partial charge in [-0.2, -0.15) is 0 Å². The minimum Gasteiger partial charge on any atom is -0.393 e. The SMILES string of the molecule is CC(C)CCOCCNc1ncnc(Cl)c1N. The standard InChI is InChI=1S/C11H19ClN4O/c1-8(2)3-5-17-6-4-14-11-9(13)10(12)15-7-16-11/h7-8H,3-6,13H2,1-2H3,(H,14,15,16). The Labute approximate surface area is 107 Å². The van der Waals surface area contributed by atoms with E-state index in [9.17, 15) is 0 Å². The molecular weight excluding hydrogens is 240 g/mol. The van der Waals surface area contributed by atoms with Gasteiger partial charge in [-0.3, -0.25) is 0 Å². The van der Waals surface area contributed by atoms with Crippen LogP contribution in [0, 0.1) is 5.92 Å². The van der Waals surface area contributed by atoms with Crippen molar-refractivity contribution in [3.63, 3.8) is 0 Å². The van der Waals surface area contributed by atoms with E-state index < -0.39 is 0 Å². The van der Waals surface area contributed by atoms with Gasteiger partial charge >= 0.3 is 0 Å². The average molecular weight is 259 g/mol. The summed E-state index contributed by atoms with van der Waals surface area (Å²) >= 11 is 5.76. The number of nitrogen functional groups attached to an aromatic ring is 1. The van der Waals surface area contributed by atoms with Crippen LogP contribution in [-0.4, -0.2) is 29.7 Å². The molecule has 0 amide bonds. The van der Waals surface area contributed by atoms with Gasteiger partial charge < -0.3 is 15.8 Å². The van der Waals surface area contributed by atoms with Crippen LogP contribution in [-0.2, 0) is 4.74 Å². The van der Waals surface area contributed by atoms with Gasteiger partial charge in [-0.1, -0.05) is 25.4 Å². The van der Waals surface area contributed by atoms with E-state index in [2.05, 4.69) is 29.1 Å². The molecule has 1 aromatic heterocycles. The molecule has 17 heavy (non-hydrogen) atoms. The maximum absolute atomic E-state index is 5.76. The molecule has 0 saturated carbocycles. The van der Waals surface area contributed by atoms with E-state index in [0.29, 0.717) is 30.6 Å². The van der Waals surface area contributed by atoms with Gasteiger partial charge in [0.25, 0.3) is 0 Å². The molecule has 1 aromatic rings. The van der Waals surface area contributed by atoms with Crippen LogP contribution in [0.3, 0.4) is 0 Å². The fourth-order valence-electron chi connectivity index (χ4n) is 1.18. The Balaban J connectivity index is 2.20. The second-order valence-corrected chi connectivity index (χ2v) is 4.51. The first-order chi connectivity index (χ1) is 8.11. The highest BCUT2D eigenvalue weighted by molar-refractivity contribution is 6.32. The molecule has 3 N–H and O–H groups in total. The first-order valence-corrected chi connectivity index (χ1v) is 6.06. The molecule has 0 saturated heterocycles. The van der Waals surface area contributed by atoms with E-state index in [1.807, 2.05) is 0 Å².